The average Bonchev–Trinajstić information content (AvgIpc) is 2.36. The van der Waals surface area contributed by atoms with Crippen LogP contribution in [-0.2, 0) is 14.8 Å². The summed E-state index contributed by atoms with van der Waals surface area (Å²) in [5.74, 6) is -1.13. The first kappa shape index (κ1) is 16.6. The minimum absolute atomic E-state index is 0.0371. The van der Waals surface area contributed by atoms with Crippen LogP contribution >= 0.6 is 0 Å². The number of anilines is 1. The molecule has 0 aliphatic rings. The fraction of sp³-hybridized carbons (Fsp3) is 0.462. The van der Waals surface area contributed by atoms with E-state index in [1.165, 1.54) is 18.2 Å². The summed E-state index contributed by atoms with van der Waals surface area (Å²) in [4.78, 5) is 11.9. The molecule has 0 spiro atoms. The van der Waals surface area contributed by atoms with Gasteiger partial charge in [0, 0.05) is 6.04 Å². The molecule has 1 N–H and O–H groups in total. The van der Waals surface area contributed by atoms with Gasteiger partial charge in [0.1, 0.15) is 5.82 Å². The average molecular weight is 302 g/mol. The summed E-state index contributed by atoms with van der Waals surface area (Å²) in [6.07, 6.45) is 1.63. The molecule has 0 radical (unpaired) electrons. The second kappa shape index (κ2) is 6.81. The van der Waals surface area contributed by atoms with Gasteiger partial charge in [0.05, 0.1) is 18.5 Å². The summed E-state index contributed by atoms with van der Waals surface area (Å²) in [6, 6.07) is 5.44. The normalized spacial score (nSPS) is 13.2. The number of hydrogen-bond donors (Lipinski definition) is 1. The lowest BCUT2D eigenvalue weighted by Crippen LogP contribution is -2.42. The molecule has 1 aromatic rings. The number of halogens is 1. The van der Waals surface area contributed by atoms with Crippen molar-refractivity contribution in [3.63, 3.8) is 0 Å². The molecule has 20 heavy (non-hydrogen) atoms. The van der Waals surface area contributed by atoms with Gasteiger partial charge in [-0.15, -0.1) is 0 Å². The maximum absolute atomic E-state index is 13.4. The Morgan fingerprint density at radius 3 is 2.50 bits per heavy atom. The highest BCUT2D eigenvalue weighted by Crippen LogP contribution is 2.13. The maximum Gasteiger partial charge on any atom is 0.239 e. The second-order valence-corrected chi connectivity index (χ2v) is 6.53. The molecule has 0 saturated carbocycles. The number of rotatable bonds is 6. The standard InChI is InChI=1S/C13H19FN2O3S/c1-4-10(2)16(20(3,18)19)9-13(17)15-12-8-6-5-7-11(12)14/h5-8,10H,4,9H2,1-3H3,(H,15,17). The summed E-state index contributed by atoms with van der Waals surface area (Å²) in [7, 11) is -3.49. The Kier molecular flexibility index (Phi) is 5.64. The minimum atomic E-state index is -3.49. The van der Waals surface area contributed by atoms with E-state index in [0.29, 0.717) is 6.42 Å². The third-order valence-corrected chi connectivity index (χ3v) is 4.30. The highest BCUT2D eigenvalue weighted by molar-refractivity contribution is 7.88. The monoisotopic (exact) mass is 302 g/mol. The van der Waals surface area contributed by atoms with Gasteiger partial charge >= 0.3 is 0 Å². The van der Waals surface area contributed by atoms with Crippen molar-refractivity contribution in [1.29, 1.82) is 0 Å². The topological polar surface area (TPSA) is 66.5 Å². The first-order chi connectivity index (χ1) is 9.25. The van der Waals surface area contributed by atoms with E-state index in [9.17, 15) is 17.6 Å². The van der Waals surface area contributed by atoms with Gasteiger partial charge in [-0.1, -0.05) is 19.1 Å². The van der Waals surface area contributed by atoms with Crippen LogP contribution in [0.3, 0.4) is 0 Å². The minimum Gasteiger partial charge on any atom is -0.322 e. The van der Waals surface area contributed by atoms with E-state index >= 15 is 0 Å². The molecule has 1 aromatic carbocycles. The number of benzene rings is 1. The summed E-state index contributed by atoms with van der Waals surface area (Å²) in [5.41, 5.74) is 0.0371. The molecule has 1 unspecified atom stereocenters. The number of amides is 1. The van der Waals surface area contributed by atoms with E-state index in [-0.39, 0.29) is 18.3 Å². The Labute approximate surface area is 118 Å². The van der Waals surface area contributed by atoms with Crippen LogP contribution in [0.25, 0.3) is 0 Å². The molecule has 1 atom stereocenters. The molecule has 1 amide bonds. The van der Waals surface area contributed by atoms with E-state index in [1.54, 1.807) is 13.0 Å². The molecular formula is C13H19FN2O3S. The lowest BCUT2D eigenvalue weighted by Gasteiger charge is -2.25. The Hall–Kier alpha value is -1.47. The number of nitrogens with one attached hydrogen (secondary N) is 1. The highest BCUT2D eigenvalue weighted by Gasteiger charge is 2.24. The van der Waals surface area contributed by atoms with Crippen LogP contribution in [0.5, 0.6) is 0 Å². The van der Waals surface area contributed by atoms with Crippen molar-refractivity contribution in [3.8, 4) is 0 Å². The van der Waals surface area contributed by atoms with E-state index < -0.39 is 21.7 Å². The molecule has 1 rings (SSSR count). The fourth-order valence-electron chi connectivity index (χ4n) is 1.70. The van der Waals surface area contributed by atoms with Crippen molar-refractivity contribution in [2.24, 2.45) is 0 Å². The number of sulfonamides is 1. The van der Waals surface area contributed by atoms with E-state index in [2.05, 4.69) is 5.32 Å². The van der Waals surface area contributed by atoms with Crippen molar-refractivity contribution < 1.29 is 17.6 Å². The van der Waals surface area contributed by atoms with Crippen LogP contribution in [-0.4, -0.2) is 37.5 Å². The largest absolute Gasteiger partial charge is 0.322 e. The predicted molar refractivity (Wildman–Crippen MR) is 76.3 cm³/mol. The van der Waals surface area contributed by atoms with Crippen LogP contribution in [0, 0.1) is 5.82 Å². The highest BCUT2D eigenvalue weighted by atomic mass is 32.2. The molecule has 5 nitrogen and oxygen atoms in total. The van der Waals surface area contributed by atoms with Gasteiger partial charge in [0.2, 0.25) is 15.9 Å². The summed E-state index contributed by atoms with van der Waals surface area (Å²) >= 11 is 0. The lowest BCUT2D eigenvalue weighted by atomic mass is 10.2. The quantitative estimate of drug-likeness (QED) is 0.871. The number of para-hydroxylation sites is 1. The van der Waals surface area contributed by atoms with Gasteiger partial charge < -0.3 is 5.32 Å². The molecule has 0 aliphatic carbocycles. The molecule has 112 valence electrons. The van der Waals surface area contributed by atoms with Crippen molar-refractivity contribution in [1.82, 2.24) is 4.31 Å². The van der Waals surface area contributed by atoms with Gasteiger partial charge in [-0.3, -0.25) is 4.79 Å². The van der Waals surface area contributed by atoms with Crippen molar-refractivity contribution in [3.05, 3.63) is 30.1 Å². The molecule has 0 aliphatic heterocycles. The first-order valence-electron chi connectivity index (χ1n) is 6.27. The third kappa shape index (κ3) is 4.57. The Morgan fingerprint density at radius 1 is 1.40 bits per heavy atom. The van der Waals surface area contributed by atoms with E-state index in [4.69, 9.17) is 0 Å². The zero-order chi connectivity index (χ0) is 15.3. The van der Waals surface area contributed by atoms with Crippen LogP contribution in [0.4, 0.5) is 10.1 Å². The SMILES string of the molecule is CCC(C)N(CC(=O)Nc1ccccc1F)S(C)(=O)=O. The molecule has 0 fully saturated rings. The summed E-state index contributed by atoms with van der Waals surface area (Å²) < 4.78 is 37.8. The number of nitrogens with zero attached hydrogens (tertiary/aromatic N) is 1. The van der Waals surface area contributed by atoms with Gasteiger partial charge in [-0.2, -0.15) is 4.31 Å². The molecular weight excluding hydrogens is 283 g/mol. The molecule has 0 heterocycles. The van der Waals surface area contributed by atoms with Gasteiger partial charge in [0.15, 0.2) is 0 Å². The third-order valence-electron chi connectivity index (χ3n) is 2.96. The van der Waals surface area contributed by atoms with E-state index in [0.717, 1.165) is 10.6 Å². The summed E-state index contributed by atoms with van der Waals surface area (Å²) in [6.45, 7) is 3.22. The first-order valence-corrected chi connectivity index (χ1v) is 8.11. The number of carbonyl (C=O) groups excluding carboxylic acids is 1. The van der Waals surface area contributed by atoms with Gasteiger partial charge in [-0.25, -0.2) is 12.8 Å². The zero-order valence-electron chi connectivity index (χ0n) is 11.8. The smallest absolute Gasteiger partial charge is 0.239 e. The second-order valence-electron chi connectivity index (χ2n) is 4.59. The predicted octanol–water partition coefficient (Wildman–Crippen LogP) is 1.82. The molecule has 7 heteroatoms. The van der Waals surface area contributed by atoms with Crippen LogP contribution < -0.4 is 5.32 Å². The molecule has 0 saturated heterocycles. The van der Waals surface area contributed by atoms with Crippen molar-refractivity contribution in [2.75, 3.05) is 18.1 Å². The van der Waals surface area contributed by atoms with E-state index in [1.807, 2.05) is 6.92 Å². The zero-order valence-corrected chi connectivity index (χ0v) is 12.6. The van der Waals surface area contributed by atoms with Crippen LogP contribution in [0.15, 0.2) is 24.3 Å². The maximum atomic E-state index is 13.4. The molecule has 0 bridgehead atoms. The molecule has 0 aromatic heterocycles. The Balaban J connectivity index is 2.80. The lowest BCUT2D eigenvalue weighted by molar-refractivity contribution is -0.116. The van der Waals surface area contributed by atoms with Crippen molar-refractivity contribution in [2.45, 2.75) is 26.3 Å². The van der Waals surface area contributed by atoms with Crippen molar-refractivity contribution >= 4 is 21.6 Å². The number of carbonyl (C=O) groups is 1. The Morgan fingerprint density at radius 2 is 2.00 bits per heavy atom. The Bertz CT molecular complexity index is 575. The van der Waals surface area contributed by atoms with Gasteiger partial charge in [-0.05, 0) is 25.5 Å². The fourth-order valence-corrected chi connectivity index (χ4v) is 2.85. The summed E-state index contributed by atoms with van der Waals surface area (Å²) in [5, 5.41) is 2.37. The number of hydrogen-bond acceptors (Lipinski definition) is 3. The van der Waals surface area contributed by atoms with Crippen LogP contribution in [0.2, 0.25) is 0 Å². The van der Waals surface area contributed by atoms with Crippen LogP contribution in [0.1, 0.15) is 20.3 Å². The van der Waals surface area contributed by atoms with Gasteiger partial charge in [0.25, 0.3) is 0 Å².